The van der Waals surface area contributed by atoms with E-state index in [1.165, 1.54) is 54.6 Å². The van der Waals surface area contributed by atoms with E-state index in [0.717, 1.165) is 30.0 Å². The van der Waals surface area contributed by atoms with Gasteiger partial charge in [0, 0.05) is 11.4 Å². The Morgan fingerprint density at radius 3 is 1.84 bits per heavy atom. The number of carbonyl (C=O) groups is 1. The van der Waals surface area contributed by atoms with E-state index in [1.807, 2.05) is 12.1 Å². The maximum absolute atomic E-state index is 15.0. The van der Waals surface area contributed by atoms with E-state index >= 15 is 0 Å². The number of hydrogen-bond donors (Lipinski definition) is 0. The molecule has 1 saturated heterocycles. The predicted octanol–water partition coefficient (Wildman–Crippen LogP) is 6.84. The molecule has 0 aromatic heterocycles. The highest BCUT2D eigenvalue weighted by Crippen LogP contribution is 2.55. The third-order valence-corrected chi connectivity index (χ3v) is 6.16. The summed E-state index contributed by atoms with van der Waals surface area (Å²) < 4.78 is 87.6. The summed E-state index contributed by atoms with van der Waals surface area (Å²) in [6.45, 7) is 0.773. The molecule has 2 amide bonds. The van der Waals surface area contributed by atoms with Crippen LogP contribution in [-0.4, -0.2) is 24.1 Å². The lowest BCUT2D eigenvalue weighted by molar-refractivity contribution is -0.274. The Morgan fingerprint density at radius 2 is 1.37 bits per heavy atom. The van der Waals surface area contributed by atoms with Crippen LogP contribution in [0.2, 0.25) is 0 Å². The van der Waals surface area contributed by atoms with Crippen LogP contribution in [0, 0.1) is 22.7 Å². The molecule has 0 spiro atoms. The normalized spacial score (nSPS) is 19.7. The van der Waals surface area contributed by atoms with Crippen molar-refractivity contribution in [1.29, 1.82) is 10.5 Å². The van der Waals surface area contributed by atoms with Gasteiger partial charge >= 0.3 is 18.6 Å². The monoisotopic (exact) mass is 530 g/mol. The maximum Gasteiger partial charge on any atom is 0.573 e. The second-order valence-corrected chi connectivity index (χ2v) is 8.47. The van der Waals surface area contributed by atoms with Gasteiger partial charge in [-0.2, -0.15) is 23.7 Å². The molecule has 1 fully saturated rings. The largest absolute Gasteiger partial charge is 0.573 e. The number of anilines is 2. The number of ether oxygens (including phenoxy) is 1. The molecule has 38 heavy (non-hydrogen) atoms. The van der Waals surface area contributed by atoms with Crippen molar-refractivity contribution in [3.8, 4) is 17.9 Å². The minimum atomic E-state index is -5.10. The van der Waals surface area contributed by atoms with Crippen LogP contribution in [0.3, 0.4) is 0 Å². The Hall–Kier alpha value is -4.71. The molecular weight excluding hydrogens is 514 g/mol. The zero-order chi connectivity index (χ0) is 27.9. The first-order valence-corrected chi connectivity index (χ1v) is 10.9. The number of benzene rings is 3. The van der Waals surface area contributed by atoms with E-state index in [4.69, 9.17) is 10.5 Å². The predicted molar refractivity (Wildman–Crippen MR) is 123 cm³/mol. The van der Waals surface area contributed by atoms with E-state index in [1.54, 1.807) is 0 Å². The Morgan fingerprint density at radius 1 is 0.842 bits per heavy atom. The minimum absolute atomic E-state index is 0.0206. The van der Waals surface area contributed by atoms with Gasteiger partial charge in [0.2, 0.25) is 0 Å². The van der Waals surface area contributed by atoms with Gasteiger partial charge in [0.05, 0.1) is 29.3 Å². The van der Waals surface area contributed by atoms with Crippen molar-refractivity contribution in [3.63, 3.8) is 0 Å². The molecule has 6 nitrogen and oxygen atoms in total. The molecular formula is C26H16F6N4O2. The molecule has 0 unspecified atom stereocenters. The molecule has 0 saturated carbocycles. The molecule has 4 rings (SSSR count). The van der Waals surface area contributed by atoms with Crippen molar-refractivity contribution in [2.75, 3.05) is 9.80 Å². The standard InChI is InChI=1S/C26H16F6N4O2/c1-24(25(27,28)29)22(18-3-2-4-21(13-18)38-26(30,31)32)35(19-9-5-16(14-33)6-10-19)23(37)36(24)20-11-7-17(15-34)8-12-20/h2-13,22H,1H3/t22-,24-/m1/s1. The van der Waals surface area contributed by atoms with Gasteiger partial charge in [0.15, 0.2) is 5.54 Å². The highest BCUT2D eigenvalue weighted by atomic mass is 19.4. The van der Waals surface area contributed by atoms with Gasteiger partial charge < -0.3 is 4.74 Å². The van der Waals surface area contributed by atoms with Gasteiger partial charge in [-0.15, -0.1) is 13.2 Å². The topological polar surface area (TPSA) is 80.4 Å². The van der Waals surface area contributed by atoms with Crippen molar-refractivity contribution in [1.82, 2.24) is 0 Å². The average molecular weight is 530 g/mol. The summed E-state index contributed by atoms with van der Waals surface area (Å²) in [5.74, 6) is -0.761. The second kappa shape index (κ2) is 9.30. The van der Waals surface area contributed by atoms with Gasteiger partial charge in [-0.3, -0.25) is 9.80 Å². The fourth-order valence-electron chi connectivity index (χ4n) is 4.45. The summed E-state index contributed by atoms with van der Waals surface area (Å²) in [5.41, 5.74) is -3.15. The van der Waals surface area contributed by atoms with E-state index in [0.29, 0.717) is 4.90 Å². The SMILES string of the molecule is C[C@]1(C(F)(F)F)[C@@H](c2cccc(OC(F)(F)F)c2)N(c2ccc(C#N)cc2)C(=O)N1c1ccc(C#N)cc1. The van der Waals surface area contributed by atoms with Crippen LogP contribution < -0.4 is 14.5 Å². The fraction of sp³-hybridized carbons (Fsp3) is 0.192. The average Bonchev–Trinajstić information content (AvgIpc) is 3.11. The van der Waals surface area contributed by atoms with E-state index in [2.05, 4.69) is 4.74 Å². The summed E-state index contributed by atoms with van der Waals surface area (Å²) in [6.07, 6.45) is -10.2. The first-order valence-electron chi connectivity index (χ1n) is 10.9. The Balaban J connectivity index is 1.98. The van der Waals surface area contributed by atoms with Crippen molar-refractivity contribution in [3.05, 3.63) is 89.5 Å². The van der Waals surface area contributed by atoms with Crippen molar-refractivity contribution in [2.24, 2.45) is 0 Å². The lowest BCUT2D eigenvalue weighted by Gasteiger charge is -2.40. The molecule has 0 radical (unpaired) electrons. The second-order valence-electron chi connectivity index (χ2n) is 8.47. The third kappa shape index (κ3) is 4.57. The van der Waals surface area contributed by atoms with Crippen LogP contribution in [0.5, 0.6) is 5.75 Å². The number of amides is 2. The smallest absolute Gasteiger partial charge is 0.406 e. The summed E-state index contributed by atoms with van der Waals surface area (Å²) in [7, 11) is 0. The van der Waals surface area contributed by atoms with Gasteiger partial charge in [-0.05, 0) is 73.2 Å². The zero-order valence-corrected chi connectivity index (χ0v) is 19.4. The van der Waals surface area contributed by atoms with E-state index in [9.17, 15) is 31.1 Å². The van der Waals surface area contributed by atoms with Crippen molar-refractivity contribution < 1.29 is 35.9 Å². The molecule has 0 bridgehead atoms. The summed E-state index contributed by atoms with van der Waals surface area (Å²) in [4.78, 5) is 15.1. The third-order valence-electron chi connectivity index (χ3n) is 6.16. The molecule has 1 heterocycles. The molecule has 0 N–H and O–H groups in total. The number of hydrogen-bond acceptors (Lipinski definition) is 4. The summed E-state index contributed by atoms with van der Waals surface area (Å²) in [5, 5.41) is 18.2. The van der Waals surface area contributed by atoms with Crippen LogP contribution >= 0.6 is 0 Å². The number of urea groups is 1. The van der Waals surface area contributed by atoms with Gasteiger partial charge in [0.1, 0.15) is 5.75 Å². The summed E-state index contributed by atoms with van der Waals surface area (Å²) >= 11 is 0. The molecule has 1 aliphatic rings. The van der Waals surface area contributed by atoms with Crippen molar-refractivity contribution in [2.45, 2.75) is 31.0 Å². The van der Waals surface area contributed by atoms with E-state index < -0.39 is 35.9 Å². The first kappa shape index (κ1) is 26.4. The lowest BCUT2D eigenvalue weighted by atomic mass is 9.85. The number of nitriles is 2. The number of alkyl halides is 6. The zero-order valence-electron chi connectivity index (χ0n) is 19.4. The molecule has 12 heteroatoms. The quantitative estimate of drug-likeness (QED) is 0.346. The highest BCUT2D eigenvalue weighted by Gasteiger charge is 2.69. The maximum atomic E-state index is 15.0. The van der Waals surface area contributed by atoms with Gasteiger partial charge in [-0.1, -0.05) is 12.1 Å². The minimum Gasteiger partial charge on any atom is -0.406 e. The van der Waals surface area contributed by atoms with Crippen LogP contribution in [0.15, 0.2) is 72.8 Å². The Labute approximate surface area is 212 Å². The fourth-order valence-corrected chi connectivity index (χ4v) is 4.45. The van der Waals surface area contributed by atoms with Crippen LogP contribution in [0.4, 0.5) is 42.5 Å². The van der Waals surface area contributed by atoms with Gasteiger partial charge in [-0.25, -0.2) is 4.79 Å². The molecule has 1 aliphatic heterocycles. The van der Waals surface area contributed by atoms with E-state index in [-0.39, 0.29) is 28.1 Å². The Kier molecular flexibility index (Phi) is 6.45. The Bertz CT molecular complexity index is 1440. The number of halogens is 6. The molecule has 194 valence electrons. The first-order chi connectivity index (χ1) is 17.8. The molecule has 3 aromatic rings. The number of rotatable bonds is 4. The molecule has 2 atom stereocenters. The van der Waals surface area contributed by atoms with Crippen LogP contribution in [0.25, 0.3) is 0 Å². The van der Waals surface area contributed by atoms with Crippen LogP contribution in [-0.2, 0) is 0 Å². The van der Waals surface area contributed by atoms with Crippen LogP contribution in [0.1, 0.15) is 29.7 Å². The number of nitrogens with zero attached hydrogens (tertiary/aromatic N) is 4. The van der Waals surface area contributed by atoms with Gasteiger partial charge in [0.25, 0.3) is 0 Å². The highest BCUT2D eigenvalue weighted by molar-refractivity contribution is 6.09. The molecule has 0 aliphatic carbocycles. The van der Waals surface area contributed by atoms with Crippen molar-refractivity contribution >= 4 is 17.4 Å². The lowest BCUT2D eigenvalue weighted by Crippen LogP contribution is -2.57. The number of carbonyl (C=O) groups excluding carboxylic acids is 1. The summed E-state index contributed by atoms with van der Waals surface area (Å²) in [6, 6.07) is 14.7. The molecule has 3 aromatic carbocycles.